The summed E-state index contributed by atoms with van der Waals surface area (Å²) in [7, 11) is 1.45. The predicted octanol–water partition coefficient (Wildman–Crippen LogP) is 1.11. The van der Waals surface area contributed by atoms with Gasteiger partial charge in [-0.05, 0) is 20.8 Å². The molecule has 2 rings (SSSR count). The summed E-state index contributed by atoms with van der Waals surface area (Å²) in [6, 6.07) is 0. The van der Waals surface area contributed by atoms with Crippen LogP contribution in [0.3, 0.4) is 0 Å². The average Bonchev–Trinajstić information content (AvgIpc) is 2.46. The van der Waals surface area contributed by atoms with E-state index >= 15 is 0 Å². The molecule has 1 atom stereocenters. The molecule has 0 radical (unpaired) electrons. The number of ether oxygens (including phenoxy) is 2. The SMILES string of the molecule is CC(C)(C)OC(=O)N1CC2(CC(=O)OC2CS(=O)(=O)Cl)C1. The molecule has 0 aliphatic carbocycles. The van der Waals surface area contributed by atoms with Gasteiger partial charge in [0.15, 0.2) is 0 Å². The van der Waals surface area contributed by atoms with Crippen molar-refractivity contribution in [1.82, 2.24) is 4.90 Å². The highest BCUT2D eigenvalue weighted by atomic mass is 35.7. The number of hydrogen-bond donors (Lipinski definition) is 0. The lowest BCUT2D eigenvalue weighted by Crippen LogP contribution is -2.63. The van der Waals surface area contributed by atoms with E-state index in [1.54, 1.807) is 20.8 Å². The number of likely N-dealkylation sites (tertiary alicyclic amines) is 1. The van der Waals surface area contributed by atoms with Crippen molar-refractivity contribution in [2.24, 2.45) is 5.41 Å². The van der Waals surface area contributed by atoms with Crippen LogP contribution in [0.2, 0.25) is 0 Å². The zero-order valence-electron chi connectivity index (χ0n) is 12.1. The zero-order valence-corrected chi connectivity index (χ0v) is 13.7. The summed E-state index contributed by atoms with van der Waals surface area (Å²) in [5, 5.41) is 0. The Bertz CT molecular complexity index is 561. The Morgan fingerprint density at radius 2 is 2.05 bits per heavy atom. The van der Waals surface area contributed by atoms with Gasteiger partial charge in [0.1, 0.15) is 17.5 Å². The molecule has 2 aliphatic heterocycles. The van der Waals surface area contributed by atoms with Crippen LogP contribution in [0.15, 0.2) is 0 Å². The fraction of sp³-hybridized carbons (Fsp3) is 0.833. The maximum absolute atomic E-state index is 11.9. The fourth-order valence-corrected chi connectivity index (χ4v) is 3.73. The molecular weight excluding hydrogens is 322 g/mol. The average molecular weight is 340 g/mol. The van der Waals surface area contributed by atoms with Crippen molar-refractivity contribution in [3.05, 3.63) is 0 Å². The van der Waals surface area contributed by atoms with E-state index in [1.165, 1.54) is 4.90 Å². The van der Waals surface area contributed by atoms with Crippen molar-refractivity contribution in [2.75, 3.05) is 18.8 Å². The lowest BCUT2D eigenvalue weighted by atomic mass is 9.74. The number of carbonyl (C=O) groups excluding carboxylic acids is 2. The van der Waals surface area contributed by atoms with E-state index in [0.29, 0.717) is 0 Å². The second-order valence-corrected chi connectivity index (χ2v) is 9.38. The van der Waals surface area contributed by atoms with Crippen molar-refractivity contribution in [1.29, 1.82) is 0 Å². The monoisotopic (exact) mass is 339 g/mol. The maximum atomic E-state index is 11.9. The summed E-state index contributed by atoms with van der Waals surface area (Å²) in [5.41, 5.74) is -1.28. The van der Waals surface area contributed by atoms with E-state index in [-0.39, 0.29) is 19.5 Å². The first-order valence-electron chi connectivity index (χ1n) is 6.50. The minimum atomic E-state index is -3.78. The first-order chi connectivity index (χ1) is 9.40. The lowest BCUT2D eigenvalue weighted by molar-refractivity contribution is -0.141. The quantitative estimate of drug-likeness (QED) is 0.553. The lowest BCUT2D eigenvalue weighted by Gasteiger charge is -2.48. The molecule has 0 aromatic carbocycles. The summed E-state index contributed by atoms with van der Waals surface area (Å²) in [4.78, 5) is 24.8. The molecule has 1 spiro atoms. The molecule has 2 aliphatic rings. The van der Waals surface area contributed by atoms with Crippen LogP contribution >= 0.6 is 10.7 Å². The Morgan fingerprint density at radius 3 is 2.52 bits per heavy atom. The number of nitrogens with zero attached hydrogens (tertiary/aromatic N) is 1. The molecule has 0 N–H and O–H groups in total. The van der Waals surface area contributed by atoms with Gasteiger partial charge in [0, 0.05) is 23.8 Å². The number of cyclic esters (lactones) is 1. The third-order valence-electron chi connectivity index (χ3n) is 3.47. The summed E-state index contributed by atoms with van der Waals surface area (Å²) in [5.74, 6) is -0.910. The van der Waals surface area contributed by atoms with E-state index in [0.717, 1.165) is 0 Å². The molecule has 2 heterocycles. The van der Waals surface area contributed by atoms with Crippen molar-refractivity contribution in [3.63, 3.8) is 0 Å². The number of amides is 1. The number of halogens is 1. The zero-order chi connectivity index (χ0) is 16.1. The Morgan fingerprint density at radius 1 is 1.48 bits per heavy atom. The predicted molar refractivity (Wildman–Crippen MR) is 74.4 cm³/mol. The van der Waals surface area contributed by atoms with Gasteiger partial charge in [-0.2, -0.15) is 0 Å². The van der Waals surface area contributed by atoms with E-state index in [2.05, 4.69) is 0 Å². The minimum Gasteiger partial charge on any atom is -0.460 e. The Labute approximate surface area is 127 Å². The topological polar surface area (TPSA) is 90.0 Å². The van der Waals surface area contributed by atoms with Crippen LogP contribution in [-0.2, 0) is 23.3 Å². The molecule has 7 nitrogen and oxygen atoms in total. The Balaban J connectivity index is 2.02. The van der Waals surface area contributed by atoms with Crippen molar-refractivity contribution >= 4 is 31.8 Å². The van der Waals surface area contributed by atoms with Crippen molar-refractivity contribution in [3.8, 4) is 0 Å². The number of rotatable bonds is 2. The van der Waals surface area contributed by atoms with Gasteiger partial charge in [-0.25, -0.2) is 13.2 Å². The highest BCUT2D eigenvalue weighted by Crippen LogP contribution is 2.45. The Kier molecular flexibility index (Phi) is 3.90. The molecular formula is C12H18ClNO6S. The number of hydrogen-bond acceptors (Lipinski definition) is 6. The second-order valence-electron chi connectivity index (χ2n) is 6.56. The van der Waals surface area contributed by atoms with Crippen molar-refractivity contribution < 1.29 is 27.5 Å². The largest absolute Gasteiger partial charge is 0.460 e. The van der Waals surface area contributed by atoms with Gasteiger partial charge < -0.3 is 14.4 Å². The number of esters is 1. The Hall–Kier alpha value is -1.02. The van der Waals surface area contributed by atoms with E-state index < -0.39 is 44.0 Å². The van der Waals surface area contributed by atoms with Gasteiger partial charge in [0.05, 0.1) is 11.8 Å². The second kappa shape index (κ2) is 5.01. The maximum Gasteiger partial charge on any atom is 0.410 e. The van der Waals surface area contributed by atoms with Gasteiger partial charge in [-0.3, -0.25) is 4.79 Å². The van der Waals surface area contributed by atoms with Gasteiger partial charge in [-0.15, -0.1) is 0 Å². The van der Waals surface area contributed by atoms with Gasteiger partial charge in [0.2, 0.25) is 9.05 Å². The third-order valence-corrected chi connectivity index (χ3v) is 4.55. The van der Waals surface area contributed by atoms with E-state index in [9.17, 15) is 18.0 Å². The fourth-order valence-electron chi connectivity index (χ4n) is 2.60. The smallest absolute Gasteiger partial charge is 0.410 e. The first-order valence-corrected chi connectivity index (χ1v) is 8.98. The molecule has 1 unspecified atom stereocenters. The summed E-state index contributed by atoms with van der Waals surface area (Å²) < 4.78 is 32.7. The normalized spacial score (nSPS) is 24.7. The van der Waals surface area contributed by atoms with E-state index in [1.807, 2.05) is 0 Å². The highest BCUT2D eigenvalue weighted by Gasteiger charge is 2.59. The van der Waals surface area contributed by atoms with E-state index in [4.69, 9.17) is 20.2 Å². The standard InChI is InChI=1S/C12H18ClNO6S/c1-11(2,3)20-10(16)14-6-12(7-14)4-9(15)19-8(12)5-21(13,17)18/h8H,4-7H2,1-3H3. The summed E-state index contributed by atoms with van der Waals surface area (Å²) in [6.07, 6.45) is -1.21. The van der Waals surface area contributed by atoms with Gasteiger partial charge in [-0.1, -0.05) is 0 Å². The summed E-state index contributed by atoms with van der Waals surface area (Å²) in [6.45, 7) is 5.72. The molecule has 0 saturated carbocycles. The van der Waals surface area contributed by atoms with Crippen LogP contribution < -0.4 is 0 Å². The van der Waals surface area contributed by atoms with Crippen LogP contribution in [0, 0.1) is 5.41 Å². The molecule has 0 aromatic rings. The molecule has 9 heteroatoms. The molecule has 120 valence electrons. The van der Waals surface area contributed by atoms with Crippen LogP contribution in [0.5, 0.6) is 0 Å². The van der Waals surface area contributed by atoms with Crippen LogP contribution in [0.1, 0.15) is 27.2 Å². The molecule has 0 aromatic heterocycles. The number of carbonyl (C=O) groups is 2. The minimum absolute atomic E-state index is 0.0867. The molecule has 2 fully saturated rings. The van der Waals surface area contributed by atoms with Gasteiger partial charge in [0.25, 0.3) is 0 Å². The van der Waals surface area contributed by atoms with Crippen LogP contribution in [0.25, 0.3) is 0 Å². The third kappa shape index (κ3) is 3.79. The molecule has 0 bridgehead atoms. The summed E-state index contributed by atoms with van der Waals surface area (Å²) >= 11 is 0. The first kappa shape index (κ1) is 16.4. The van der Waals surface area contributed by atoms with Crippen molar-refractivity contribution in [2.45, 2.75) is 38.9 Å². The highest BCUT2D eigenvalue weighted by molar-refractivity contribution is 8.13. The molecule has 21 heavy (non-hydrogen) atoms. The molecule has 1 amide bonds. The van der Waals surface area contributed by atoms with Crippen LogP contribution in [0.4, 0.5) is 4.79 Å². The van der Waals surface area contributed by atoms with Gasteiger partial charge >= 0.3 is 12.1 Å². The van der Waals surface area contributed by atoms with Crippen LogP contribution in [-0.4, -0.2) is 55.9 Å². The molecule has 2 saturated heterocycles.